The first-order valence-corrected chi connectivity index (χ1v) is 9.37. The van der Waals surface area contributed by atoms with Crippen molar-refractivity contribution in [2.45, 2.75) is 18.2 Å². The minimum atomic E-state index is -3.80. The van der Waals surface area contributed by atoms with Crippen LogP contribution in [-0.2, 0) is 14.8 Å². The van der Waals surface area contributed by atoms with E-state index >= 15 is 0 Å². The molecule has 0 aliphatic carbocycles. The van der Waals surface area contributed by atoms with Gasteiger partial charge in [0.1, 0.15) is 0 Å². The largest absolute Gasteiger partial charge is 0.481 e. The van der Waals surface area contributed by atoms with E-state index in [0.29, 0.717) is 5.56 Å². The van der Waals surface area contributed by atoms with E-state index in [1.807, 2.05) is 31.2 Å². The second-order valence-corrected chi connectivity index (χ2v) is 7.44. The summed E-state index contributed by atoms with van der Waals surface area (Å²) in [5.74, 6) is -1.33. The summed E-state index contributed by atoms with van der Waals surface area (Å²) in [6.45, 7) is 1.76. The molecule has 6 nitrogen and oxygen atoms in total. The first kappa shape index (κ1) is 19.6. The Morgan fingerprint density at radius 2 is 1.81 bits per heavy atom. The van der Waals surface area contributed by atoms with Crippen LogP contribution in [0, 0.1) is 6.92 Å². The lowest BCUT2D eigenvalue weighted by Gasteiger charge is -2.06. The minimum Gasteiger partial charge on any atom is -0.481 e. The predicted molar refractivity (Wildman–Crippen MR) is 98.4 cm³/mol. The molecule has 2 rings (SSSR count). The maximum Gasteiger partial charge on any atom is 0.304 e. The number of carbonyl (C=O) groups excluding carboxylic acids is 1. The highest BCUT2D eigenvalue weighted by molar-refractivity contribution is 7.89. The number of carbonyl (C=O) groups is 2. The summed E-state index contributed by atoms with van der Waals surface area (Å²) in [6.07, 6.45) is 2.83. The maximum absolute atomic E-state index is 12.2. The molecule has 0 aliphatic rings. The Hall–Kier alpha value is -2.77. The molecule has 0 bridgehead atoms. The first-order valence-electron chi connectivity index (χ1n) is 7.88. The van der Waals surface area contributed by atoms with Crippen molar-refractivity contribution in [1.29, 1.82) is 0 Å². The van der Waals surface area contributed by atoms with Gasteiger partial charge in [0.05, 0.1) is 11.3 Å². The summed E-state index contributed by atoms with van der Waals surface area (Å²) in [7, 11) is -3.80. The fourth-order valence-electron chi connectivity index (χ4n) is 2.22. The van der Waals surface area contributed by atoms with E-state index in [4.69, 9.17) is 5.11 Å². The average molecular weight is 373 g/mol. The smallest absolute Gasteiger partial charge is 0.304 e. The zero-order valence-corrected chi connectivity index (χ0v) is 15.0. The molecular formula is C19H19NO5S. The molecule has 0 spiro atoms. The summed E-state index contributed by atoms with van der Waals surface area (Å²) >= 11 is 0. The van der Waals surface area contributed by atoms with Gasteiger partial charge in [0.25, 0.3) is 0 Å². The van der Waals surface area contributed by atoms with Gasteiger partial charge in [-0.2, -0.15) is 0 Å². The van der Waals surface area contributed by atoms with Crippen LogP contribution in [0.25, 0.3) is 6.08 Å². The number of ketones is 1. The molecule has 0 saturated heterocycles. The van der Waals surface area contributed by atoms with Gasteiger partial charge in [-0.1, -0.05) is 35.9 Å². The van der Waals surface area contributed by atoms with Gasteiger partial charge in [-0.15, -0.1) is 0 Å². The van der Waals surface area contributed by atoms with Crippen LogP contribution in [0.3, 0.4) is 0 Å². The number of hydrogen-bond acceptors (Lipinski definition) is 4. The molecule has 2 N–H and O–H groups in total. The van der Waals surface area contributed by atoms with Gasteiger partial charge in [0.2, 0.25) is 10.0 Å². The zero-order valence-electron chi connectivity index (χ0n) is 14.2. The lowest BCUT2D eigenvalue weighted by Crippen LogP contribution is -2.26. The highest BCUT2D eigenvalue weighted by Gasteiger charge is 2.14. The van der Waals surface area contributed by atoms with Crippen molar-refractivity contribution >= 4 is 27.9 Å². The van der Waals surface area contributed by atoms with Crippen LogP contribution in [0.2, 0.25) is 0 Å². The molecule has 0 fully saturated rings. The Morgan fingerprint density at radius 3 is 2.42 bits per heavy atom. The number of carboxylic acids is 1. The Bertz CT molecular complexity index is 931. The van der Waals surface area contributed by atoms with Crippen LogP contribution in [0.5, 0.6) is 0 Å². The fraction of sp³-hybridized carbons (Fsp3) is 0.158. The molecular weight excluding hydrogens is 354 g/mol. The van der Waals surface area contributed by atoms with Gasteiger partial charge < -0.3 is 5.11 Å². The second-order valence-electron chi connectivity index (χ2n) is 5.68. The van der Waals surface area contributed by atoms with Crippen LogP contribution in [-0.4, -0.2) is 31.8 Å². The molecule has 0 unspecified atom stereocenters. The third-order valence-corrected chi connectivity index (χ3v) is 5.03. The number of hydrogen-bond donors (Lipinski definition) is 2. The molecule has 2 aromatic rings. The van der Waals surface area contributed by atoms with Crippen LogP contribution in [0.4, 0.5) is 0 Å². The van der Waals surface area contributed by atoms with E-state index in [1.54, 1.807) is 6.08 Å². The van der Waals surface area contributed by atoms with Crippen molar-refractivity contribution in [2.24, 2.45) is 0 Å². The van der Waals surface area contributed by atoms with Gasteiger partial charge in [-0.05, 0) is 42.8 Å². The number of carboxylic acid groups (broad SMARTS) is 1. The molecule has 0 atom stereocenters. The number of rotatable bonds is 8. The first-order chi connectivity index (χ1) is 12.3. The summed E-state index contributed by atoms with van der Waals surface area (Å²) in [4.78, 5) is 22.6. The molecule has 26 heavy (non-hydrogen) atoms. The third kappa shape index (κ3) is 5.65. The van der Waals surface area contributed by atoms with Crippen LogP contribution < -0.4 is 4.72 Å². The van der Waals surface area contributed by atoms with Gasteiger partial charge in [-0.25, -0.2) is 13.1 Å². The number of aryl methyl sites for hydroxylation is 1. The molecule has 0 aliphatic heterocycles. The van der Waals surface area contributed by atoms with Crippen LogP contribution in [0.1, 0.15) is 27.9 Å². The zero-order chi connectivity index (χ0) is 19.2. The monoisotopic (exact) mass is 373 g/mol. The second kappa shape index (κ2) is 8.55. The van der Waals surface area contributed by atoms with E-state index in [2.05, 4.69) is 4.72 Å². The van der Waals surface area contributed by atoms with Crippen LogP contribution in [0.15, 0.2) is 59.5 Å². The summed E-state index contributed by atoms with van der Waals surface area (Å²) < 4.78 is 26.3. The lowest BCUT2D eigenvalue weighted by atomic mass is 10.1. The van der Waals surface area contributed by atoms with Crippen LogP contribution >= 0.6 is 0 Å². The lowest BCUT2D eigenvalue weighted by molar-refractivity contribution is -0.136. The van der Waals surface area contributed by atoms with Gasteiger partial charge >= 0.3 is 5.97 Å². The normalized spacial score (nSPS) is 11.6. The molecule has 136 valence electrons. The molecule has 2 aromatic carbocycles. The number of allylic oxidation sites excluding steroid dienone is 1. The number of sulfonamides is 1. The molecule has 0 amide bonds. The van der Waals surface area contributed by atoms with Crippen molar-refractivity contribution in [2.75, 3.05) is 6.54 Å². The Kier molecular flexibility index (Phi) is 6.43. The van der Waals surface area contributed by atoms with Gasteiger partial charge in [-0.3, -0.25) is 9.59 Å². The molecule has 0 heterocycles. The highest BCUT2D eigenvalue weighted by Crippen LogP contribution is 2.12. The van der Waals surface area contributed by atoms with E-state index in [0.717, 1.165) is 11.1 Å². The van der Waals surface area contributed by atoms with E-state index < -0.39 is 16.0 Å². The molecule has 0 saturated carbocycles. The van der Waals surface area contributed by atoms with E-state index in [-0.39, 0.29) is 23.6 Å². The van der Waals surface area contributed by atoms with Gasteiger partial charge in [0, 0.05) is 12.1 Å². The van der Waals surface area contributed by atoms with E-state index in [9.17, 15) is 18.0 Å². The Balaban J connectivity index is 2.06. The standard InChI is InChI=1S/C19H19NO5S/c1-14-3-2-4-15(13-14)5-10-18(21)16-6-8-17(9-7-16)26(24,25)20-12-11-19(22)23/h2-10,13,20H,11-12H2,1H3,(H,22,23)/b10-5+. The predicted octanol–water partition coefficient (Wildman–Crippen LogP) is 2.64. The number of nitrogens with one attached hydrogen (secondary N) is 1. The third-order valence-electron chi connectivity index (χ3n) is 3.55. The average Bonchev–Trinajstić information content (AvgIpc) is 2.59. The van der Waals surface area contributed by atoms with Gasteiger partial charge in [0.15, 0.2) is 5.78 Å². The Labute approximate surface area is 152 Å². The summed E-state index contributed by atoms with van der Waals surface area (Å²) in [5.41, 5.74) is 2.35. The topological polar surface area (TPSA) is 101 Å². The molecule has 0 radical (unpaired) electrons. The Morgan fingerprint density at radius 1 is 1.12 bits per heavy atom. The number of aliphatic carboxylic acids is 1. The molecule has 0 aromatic heterocycles. The summed E-state index contributed by atoms with van der Waals surface area (Å²) in [5, 5.41) is 8.55. The summed E-state index contributed by atoms with van der Waals surface area (Å²) in [6, 6.07) is 13.2. The molecule has 7 heteroatoms. The van der Waals surface area contributed by atoms with Crippen molar-refractivity contribution < 1.29 is 23.1 Å². The maximum atomic E-state index is 12.2. The van der Waals surface area contributed by atoms with Crippen molar-refractivity contribution in [3.8, 4) is 0 Å². The van der Waals surface area contributed by atoms with Crippen molar-refractivity contribution in [3.63, 3.8) is 0 Å². The quantitative estimate of drug-likeness (QED) is 0.547. The number of benzene rings is 2. The SMILES string of the molecule is Cc1cccc(/C=C/C(=O)c2ccc(S(=O)(=O)NCCC(=O)O)cc2)c1. The van der Waals surface area contributed by atoms with E-state index in [1.165, 1.54) is 30.3 Å². The highest BCUT2D eigenvalue weighted by atomic mass is 32.2. The van der Waals surface area contributed by atoms with Crippen molar-refractivity contribution in [3.05, 3.63) is 71.3 Å². The van der Waals surface area contributed by atoms with Crippen molar-refractivity contribution in [1.82, 2.24) is 4.72 Å². The minimum absolute atomic E-state index is 0.0258. The fourth-order valence-corrected chi connectivity index (χ4v) is 3.25.